The number of hydrogen-bond donors (Lipinski definition) is 1. The van der Waals surface area contributed by atoms with Gasteiger partial charge in [-0.1, -0.05) is 12.1 Å². The molecular formula is C19H21N3O2. The zero-order valence-corrected chi connectivity index (χ0v) is 14.0. The van der Waals surface area contributed by atoms with Crippen LogP contribution < -0.4 is 15.1 Å². The van der Waals surface area contributed by atoms with Gasteiger partial charge in [0, 0.05) is 36.6 Å². The maximum atomic E-state index is 12.8. The summed E-state index contributed by atoms with van der Waals surface area (Å²) in [5.74, 6) is -0.0412. The van der Waals surface area contributed by atoms with Crippen molar-refractivity contribution in [3.8, 4) is 0 Å². The Hall–Kier alpha value is -2.82. The van der Waals surface area contributed by atoms with Crippen molar-refractivity contribution in [2.45, 2.75) is 13.8 Å². The smallest absolute Gasteiger partial charge is 0.321 e. The van der Waals surface area contributed by atoms with Crippen molar-refractivity contribution in [3.05, 3.63) is 59.7 Å². The fraction of sp³-hybridized carbons (Fsp3) is 0.263. The molecule has 0 atom stereocenters. The lowest BCUT2D eigenvalue weighted by Gasteiger charge is -2.22. The number of benzene rings is 2. The summed E-state index contributed by atoms with van der Waals surface area (Å²) < 4.78 is 0. The molecule has 1 saturated heterocycles. The lowest BCUT2D eigenvalue weighted by atomic mass is 10.1. The Bertz CT molecular complexity index is 755. The second-order valence-electron chi connectivity index (χ2n) is 5.82. The van der Waals surface area contributed by atoms with E-state index in [1.165, 1.54) is 0 Å². The summed E-state index contributed by atoms with van der Waals surface area (Å²) in [6.45, 7) is 5.87. The van der Waals surface area contributed by atoms with E-state index in [2.05, 4.69) is 5.32 Å². The van der Waals surface area contributed by atoms with Gasteiger partial charge < -0.3 is 10.2 Å². The van der Waals surface area contributed by atoms with Crippen molar-refractivity contribution < 1.29 is 9.59 Å². The van der Waals surface area contributed by atoms with Crippen LogP contribution in [0.1, 0.15) is 22.8 Å². The van der Waals surface area contributed by atoms with Gasteiger partial charge in [0.2, 0.25) is 0 Å². The predicted octanol–water partition coefficient (Wildman–Crippen LogP) is 3.19. The van der Waals surface area contributed by atoms with E-state index in [-0.39, 0.29) is 11.9 Å². The SMILES string of the molecule is CCN(C(=O)c1ccc(N2CCNC2=O)cc1)c1cccc(C)c1. The van der Waals surface area contributed by atoms with Crippen LogP contribution in [0.4, 0.5) is 16.2 Å². The van der Waals surface area contributed by atoms with Gasteiger partial charge in [0.1, 0.15) is 0 Å². The third-order valence-electron chi connectivity index (χ3n) is 4.16. The molecule has 5 nitrogen and oxygen atoms in total. The van der Waals surface area contributed by atoms with E-state index in [1.807, 2.05) is 50.2 Å². The molecule has 0 radical (unpaired) electrons. The lowest BCUT2D eigenvalue weighted by Crippen LogP contribution is -2.31. The lowest BCUT2D eigenvalue weighted by molar-refractivity contribution is 0.0988. The summed E-state index contributed by atoms with van der Waals surface area (Å²) in [7, 11) is 0. The zero-order valence-electron chi connectivity index (χ0n) is 14.0. The molecule has 1 heterocycles. The second-order valence-corrected chi connectivity index (χ2v) is 5.82. The van der Waals surface area contributed by atoms with Crippen molar-refractivity contribution in [3.63, 3.8) is 0 Å². The van der Waals surface area contributed by atoms with Gasteiger partial charge in [0.05, 0.1) is 0 Å². The van der Waals surface area contributed by atoms with Crippen LogP contribution in [0.2, 0.25) is 0 Å². The summed E-state index contributed by atoms with van der Waals surface area (Å²) in [4.78, 5) is 27.9. The van der Waals surface area contributed by atoms with E-state index >= 15 is 0 Å². The Morgan fingerprint density at radius 2 is 1.96 bits per heavy atom. The molecule has 1 N–H and O–H groups in total. The Labute approximate surface area is 141 Å². The van der Waals surface area contributed by atoms with Gasteiger partial charge in [-0.3, -0.25) is 9.69 Å². The summed E-state index contributed by atoms with van der Waals surface area (Å²) in [5.41, 5.74) is 3.43. The van der Waals surface area contributed by atoms with E-state index in [4.69, 9.17) is 0 Å². The predicted molar refractivity (Wildman–Crippen MR) is 95.7 cm³/mol. The molecule has 3 amide bonds. The summed E-state index contributed by atoms with van der Waals surface area (Å²) in [6.07, 6.45) is 0. The number of anilines is 2. The Morgan fingerprint density at radius 3 is 2.54 bits per heavy atom. The van der Waals surface area contributed by atoms with Gasteiger partial charge in [-0.05, 0) is 55.8 Å². The monoisotopic (exact) mass is 323 g/mol. The minimum absolute atomic E-state index is 0.0412. The first kappa shape index (κ1) is 16.1. The molecular weight excluding hydrogens is 302 g/mol. The summed E-state index contributed by atoms with van der Waals surface area (Å²) >= 11 is 0. The summed E-state index contributed by atoms with van der Waals surface area (Å²) in [5, 5.41) is 2.77. The third kappa shape index (κ3) is 3.11. The van der Waals surface area contributed by atoms with E-state index in [0.29, 0.717) is 25.2 Å². The molecule has 24 heavy (non-hydrogen) atoms. The minimum atomic E-state index is -0.0935. The number of aryl methyl sites for hydroxylation is 1. The minimum Gasteiger partial charge on any atom is -0.336 e. The second kappa shape index (κ2) is 6.74. The Balaban J connectivity index is 1.82. The molecule has 1 aliphatic heterocycles. The van der Waals surface area contributed by atoms with Gasteiger partial charge in [0.15, 0.2) is 0 Å². The van der Waals surface area contributed by atoms with Crippen LogP contribution in [0.25, 0.3) is 0 Å². The molecule has 2 aromatic rings. The van der Waals surface area contributed by atoms with Crippen LogP contribution >= 0.6 is 0 Å². The van der Waals surface area contributed by atoms with Crippen LogP contribution in [0.15, 0.2) is 48.5 Å². The Morgan fingerprint density at radius 1 is 1.21 bits per heavy atom. The molecule has 3 rings (SSSR count). The van der Waals surface area contributed by atoms with Gasteiger partial charge in [0.25, 0.3) is 5.91 Å². The van der Waals surface area contributed by atoms with E-state index in [9.17, 15) is 9.59 Å². The number of rotatable bonds is 4. The van der Waals surface area contributed by atoms with Crippen molar-refractivity contribution in [1.29, 1.82) is 0 Å². The van der Waals surface area contributed by atoms with E-state index < -0.39 is 0 Å². The van der Waals surface area contributed by atoms with E-state index in [1.54, 1.807) is 21.9 Å². The Kier molecular flexibility index (Phi) is 4.51. The molecule has 0 saturated carbocycles. The van der Waals surface area contributed by atoms with Crippen LogP contribution in [0.3, 0.4) is 0 Å². The van der Waals surface area contributed by atoms with Crippen LogP contribution in [0.5, 0.6) is 0 Å². The van der Waals surface area contributed by atoms with Crippen LogP contribution in [-0.2, 0) is 0 Å². The first-order chi connectivity index (χ1) is 11.6. The van der Waals surface area contributed by atoms with Crippen LogP contribution in [0, 0.1) is 6.92 Å². The topological polar surface area (TPSA) is 52.7 Å². The molecule has 0 aromatic heterocycles. The number of nitrogens with one attached hydrogen (secondary N) is 1. The molecule has 1 aliphatic rings. The number of carbonyl (C=O) groups is 2. The average molecular weight is 323 g/mol. The van der Waals surface area contributed by atoms with Crippen molar-refractivity contribution >= 4 is 23.3 Å². The highest BCUT2D eigenvalue weighted by Gasteiger charge is 2.22. The highest BCUT2D eigenvalue weighted by Crippen LogP contribution is 2.21. The van der Waals surface area contributed by atoms with Gasteiger partial charge >= 0.3 is 6.03 Å². The molecule has 0 aliphatic carbocycles. The maximum Gasteiger partial charge on any atom is 0.321 e. The largest absolute Gasteiger partial charge is 0.336 e. The van der Waals surface area contributed by atoms with E-state index in [0.717, 1.165) is 16.9 Å². The standard InChI is InChI=1S/C19H21N3O2/c1-3-21(17-6-4-5-14(2)13-17)18(23)15-7-9-16(10-8-15)22-12-11-20-19(22)24/h4-10,13H,3,11-12H2,1-2H3,(H,20,24). The maximum absolute atomic E-state index is 12.8. The average Bonchev–Trinajstić information content (AvgIpc) is 3.02. The van der Waals surface area contributed by atoms with Crippen molar-refractivity contribution in [1.82, 2.24) is 5.32 Å². The number of carbonyl (C=O) groups excluding carboxylic acids is 2. The molecule has 0 bridgehead atoms. The van der Waals surface area contributed by atoms with Crippen LogP contribution in [-0.4, -0.2) is 31.6 Å². The third-order valence-corrected chi connectivity index (χ3v) is 4.16. The molecule has 5 heteroatoms. The fourth-order valence-electron chi connectivity index (χ4n) is 2.90. The molecule has 1 fully saturated rings. The molecule has 124 valence electrons. The van der Waals surface area contributed by atoms with Gasteiger partial charge in [-0.2, -0.15) is 0 Å². The van der Waals surface area contributed by atoms with Gasteiger partial charge in [-0.15, -0.1) is 0 Å². The number of nitrogens with zero attached hydrogens (tertiary/aromatic N) is 2. The first-order valence-corrected chi connectivity index (χ1v) is 8.14. The summed E-state index contributed by atoms with van der Waals surface area (Å²) in [6, 6.07) is 15.0. The number of amides is 3. The number of urea groups is 1. The highest BCUT2D eigenvalue weighted by molar-refractivity contribution is 6.06. The fourth-order valence-corrected chi connectivity index (χ4v) is 2.90. The molecule has 0 unspecified atom stereocenters. The zero-order chi connectivity index (χ0) is 17.1. The van der Waals surface area contributed by atoms with Crippen molar-refractivity contribution in [2.75, 3.05) is 29.4 Å². The highest BCUT2D eigenvalue weighted by atomic mass is 16.2. The quantitative estimate of drug-likeness (QED) is 0.939. The van der Waals surface area contributed by atoms with Gasteiger partial charge in [-0.25, -0.2) is 4.79 Å². The normalized spacial score (nSPS) is 13.8. The first-order valence-electron chi connectivity index (χ1n) is 8.14. The number of hydrogen-bond acceptors (Lipinski definition) is 2. The molecule has 2 aromatic carbocycles. The molecule has 0 spiro atoms. The van der Waals surface area contributed by atoms with Crippen molar-refractivity contribution in [2.24, 2.45) is 0 Å².